The predicted molar refractivity (Wildman–Crippen MR) is 85.9 cm³/mol. The monoisotopic (exact) mass is 456 g/mol. The molecule has 0 aliphatic heterocycles. The summed E-state index contributed by atoms with van der Waals surface area (Å²) in [7, 11) is 0. The van der Waals surface area contributed by atoms with Crippen molar-refractivity contribution in [2.45, 2.75) is 11.2 Å². The van der Waals surface area contributed by atoms with Crippen molar-refractivity contribution in [3.8, 4) is 0 Å². The summed E-state index contributed by atoms with van der Waals surface area (Å²) in [6, 6.07) is 9.86. The van der Waals surface area contributed by atoms with Crippen molar-refractivity contribution < 1.29 is 8.78 Å². The smallest absolute Gasteiger partial charge is 0.162 e. The van der Waals surface area contributed by atoms with Gasteiger partial charge in [0.1, 0.15) is 0 Å². The molecule has 0 bridgehead atoms. The molecular formula is C14H9BrClF2I. The second kappa shape index (κ2) is 6.50. The van der Waals surface area contributed by atoms with E-state index in [9.17, 15) is 8.78 Å². The summed E-state index contributed by atoms with van der Waals surface area (Å²) in [4.78, 5) is -0.113. The molecule has 0 saturated carbocycles. The van der Waals surface area contributed by atoms with E-state index >= 15 is 0 Å². The molecule has 100 valence electrons. The highest BCUT2D eigenvalue weighted by Gasteiger charge is 2.14. The first-order valence-electron chi connectivity index (χ1n) is 5.51. The minimum Gasteiger partial charge on any atom is -0.204 e. The van der Waals surface area contributed by atoms with Gasteiger partial charge in [-0.25, -0.2) is 8.78 Å². The average molecular weight is 457 g/mol. The number of hydrogen-bond donors (Lipinski definition) is 0. The fraction of sp³-hybridized carbons (Fsp3) is 0.143. The van der Waals surface area contributed by atoms with Crippen LogP contribution in [0.4, 0.5) is 8.78 Å². The lowest BCUT2D eigenvalue weighted by molar-refractivity contribution is 0.498. The molecule has 1 unspecified atom stereocenters. The number of halogens is 5. The summed E-state index contributed by atoms with van der Waals surface area (Å²) in [6.45, 7) is 0. The van der Waals surface area contributed by atoms with Crippen LogP contribution in [0, 0.1) is 15.2 Å². The lowest BCUT2D eigenvalue weighted by atomic mass is 10.0. The minimum atomic E-state index is -0.821. The van der Waals surface area contributed by atoms with Crippen LogP contribution in [0.2, 0.25) is 5.02 Å². The van der Waals surface area contributed by atoms with Gasteiger partial charge in [0.2, 0.25) is 0 Å². The predicted octanol–water partition coefficient (Wildman–Crippen LogP) is 5.90. The molecule has 5 heteroatoms. The second-order valence-electron chi connectivity index (χ2n) is 4.06. The Morgan fingerprint density at radius 1 is 1.21 bits per heavy atom. The van der Waals surface area contributed by atoms with Crippen molar-refractivity contribution >= 4 is 50.1 Å². The maximum atomic E-state index is 13.6. The summed E-state index contributed by atoms with van der Waals surface area (Å²) >= 11 is 11.7. The minimum absolute atomic E-state index is 0.113. The average Bonchev–Trinajstić information content (AvgIpc) is 2.38. The van der Waals surface area contributed by atoms with Gasteiger partial charge in [0.05, 0.1) is 5.02 Å². The molecule has 0 amide bonds. The largest absolute Gasteiger partial charge is 0.204 e. The highest BCUT2D eigenvalue weighted by atomic mass is 127. The van der Waals surface area contributed by atoms with Gasteiger partial charge in [0.25, 0.3) is 0 Å². The molecule has 0 nitrogen and oxygen atoms in total. The fourth-order valence-electron chi connectivity index (χ4n) is 1.72. The highest BCUT2D eigenvalue weighted by Crippen LogP contribution is 2.31. The molecule has 2 aromatic rings. The third-order valence-corrected chi connectivity index (χ3v) is 5.16. The summed E-state index contributed by atoms with van der Waals surface area (Å²) in [5, 5.41) is 0.655. The van der Waals surface area contributed by atoms with Crippen LogP contribution in [-0.4, -0.2) is 0 Å². The molecular weight excluding hydrogens is 448 g/mol. The van der Waals surface area contributed by atoms with Crippen LogP contribution >= 0.6 is 50.1 Å². The molecule has 0 fully saturated rings. The fourth-order valence-corrected chi connectivity index (χ4v) is 2.88. The van der Waals surface area contributed by atoms with Crippen molar-refractivity contribution in [3.05, 3.63) is 67.8 Å². The van der Waals surface area contributed by atoms with Crippen molar-refractivity contribution in [2.75, 3.05) is 0 Å². The lowest BCUT2D eigenvalue weighted by Gasteiger charge is -2.12. The first-order chi connectivity index (χ1) is 8.99. The quantitative estimate of drug-likeness (QED) is 0.398. The van der Waals surface area contributed by atoms with E-state index in [2.05, 4.69) is 38.5 Å². The Balaban J connectivity index is 2.23. The zero-order chi connectivity index (χ0) is 14.0. The Morgan fingerprint density at radius 3 is 2.63 bits per heavy atom. The van der Waals surface area contributed by atoms with Crippen LogP contribution in [0.5, 0.6) is 0 Å². The topological polar surface area (TPSA) is 0 Å². The molecule has 0 N–H and O–H groups in total. The lowest BCUT2D eigenvalue weighted by Crippen LogP contribution is -2.00. The summed E-state index contributed by atoms with van der Waals surface area (Å²) in [5.41, 5.74) is 1.28. The van der Waals surface area contributed by atoms with Gasteiger partial charge < -0.3 is 0 Å². The van der Waals surface area contributed by atoms with Crippen molar-refractivity contribution in [1.82, 2.24) is 0 Å². The second-order valence-corrected chi connectivity index (χ2v) is 6.73. The third-order valence-electron chi connectivity index (χ3n) is 2.74. The molecule has 1 atom stereocenters. The van der Waals surface area contributed by atoms with Gasteiger partial charge in [0.15, 0.2) is 11.6 Å². The number of rotatable bonds is 3. The van der Waals surface area contributed by atoms with E-state index in [0.29, 0.717) is 17.0 Å². The van der Waals surface area contributed by atoms with Crippen molar-refractivity contribution in [3.63, 3.8) is 0 Å². The molecule has 0 heterocycles. The molecule has 0 radical (unpaired) electrons. The third kappa shape index (κ3) is 3.67. The number of hydrogen-bond acceptors (Lipinski definition) is 0. The Kier molecular flexibility index (Phi) is 5.20. The van der Waals surface area contributed by atoms with E-state index in [-0.39, 0.29) is 4.83 Å². The number of benzene rings is 2. The van der Waals surface area contributed by atoms with Crippen molar-refractivity contribution in [2.24, 2.45) is 0 Å². The Hall–Kier alpha value is -0.200. The van der Waals surface area contributed by atoms with Gasteiger partial charge in [-0.2, -0.15) is 0 Å². The molecule has 2 aromatic carbocycles. The van der Waals surface area contributed by atoms with Gasteiger partial charge in [0, 0.05) is 8.40 Å². The zero-order valence-corrected chi connectivity index (χ0v) is 14.1. The molecule has 19 heavy (non-hydrogen) atoms. The van der Waals surface area contributed by atoms with Gasteiger partial charge in [-0.15, -0.1) is 0 Å². The van der Waals surface area contributed by atoms with Crippen LogP contribution in [0.25, 0.3) is 0 Å². The molecule has 0 aromatic heterocycles. The Morgan fingerprint density at radius 2 is 1.95 bits per heavy atom. The molecule has 0 aliphatic rings. The Labute approximate surface area is 137 Å². The summed E-state index contributed by atoms with van der Waals surface area (Å²) in [5.74, 6) is -1.61. The first kappa shape index (κ1) is 15.2. The maximum absolute atomic E-state index is 13.6. The van der Waals surface area contributed by atoms with E-state index in [1.54, 1.807) is 6.07 Å². The van der Waals surface area contributed by atoms with Gasteiger partial charge in [-0.1, -0.05) is 45.7 Å². The van der Waals surface area contributed by atoms with E-state index in [4.69, 9.17) is 11.6 Å². The van der Waals surface area contributed by atoms with E-state index in [0.717, 1.165) is 15.2 Å². The first-order valence-corrected chi connectivity index (χ1v) is 7.88. The van der Waals surface area contributed by atoms with Crippen LogP contribution in [-0.2, 0) is 6.42 Å². The number of alkyl halides is 1. The summed E-state index contributed by atoms with van der Waals surface area (Å²) < 4.78 is 27.7. The SMILES string of the molecule is Fc1cccc(CC(Br)c2ccc(I)c(Cl)c2)c1F. The van der Waals surface area contributed by atoms with E-state index < -0.39 is 11.6 Å². The molecule has 0 aliphatic carbocycles. The van der Waals surface area contributed by atoms with E-state index in [1.807, 2.05) is 18.2 Å². The van der Waals surface area contributed by atoms with Gasteiger partial charge >= 0.3 is 0 Å². The van der Waals surface area contributed by atoms with Crippen LogP contribution in [0.3, 0.4) is 0 Å². The normalized spacial score (nSPS) is 12.5. The van der Waals surface area contributed by atoms with Crippen LogP contribution < -0.4 is 0 Å². The summed E-state index contributed by atoms with van der Waals surface area (Å²) in [6.07, 6.45) is 0.362. The van der Waals surface area contributed by atoms with Crippen molar-refractivity contribution in [1.29, 1.82) is 0 Å². The molecule has 0 saturated heterocycles. The Bertz CT molecular complexity index is 604. The zero-order valence-electron chi connectivity index (χ0n) is 9.64. The van der Waals surface area contributed by atoms with Crippen LogP contribution in [0.15, 0.2) is 36.4 Å². The highest BCUT2D eigenvalue weighted by molar-refractivity contribution is 14.1. The maximum Gasteiger partial charge on any atom is 0.162 e. The molecule has 2 rings (SSSR count). The van der Waals surface area contributed by atoms with Gasteiger partial charge in [-0.3, -0.25) is 0 Å². The van der Waals surface area contributed by atoms with Gasteiger partial charge in [-0.05, 0) is 58.3 Å². The standard InChI is InChI=1S/C14H9BrClF2I/c15-10(8-4-5-13(19)11(16)7-8)6-9-2-1-3-12(17)14(9)18/h1-5,7,10H,6H2. The van der Waals surface area contributed by atoms with Crippen LogP contribution in [0.1, 0.15) is 16.0 Å². The molecule has 0 spiro atoms. The van der Waals surface area contributed by atoms with E-state index in [1.165, 1.54) is 6.07 Å².